The first-order valence-corrected chi connectivity index (χ1v) is 8.82. The third kappa shape index (κ3) is 4.75. The van der Waals surface area contributed by atoms with Crippen LogP contribution in [0.15, 0.2) is 53.4 Å². The molecule has 1 atom stereocenters. The predicted octanol–water partition coefficient (Wildman–Crippen LogP) is 2.48. The molecule has 128 valence electrons. The second-order valence-electron chi connectivity index (χ2n) is 4.91. The molecule has 7 heteroatoms. The minimum atomic E-state index is -1.31. The Morgan fingerprint density at radius 2 is 1.84 bits per heavy atom. The summed E-state index contributed by atoms with van der Waals surface area (Å²) in [5, 5.41) is 11.5. The van der Waals surface area contributed by atoms with Crippen molar-refractivity contribution in [1.82, 2.24) is 0 Å². The molecule has 0 heterocycles. The molecule has 25 heavy (non-hydrogen) atoms. The Morgan fingerprint density at radius 1 is 1.16 bits per heavy atom. The van der Waals surface area contributed by atoms with E-state index < -0.39 is 29.3 Å². The van der Waals surface area contributed by atoms with E-state index in [0.717, 1.165) is 0 Å². The summed E-state index contributed by atoms with van der Waals surface area (Å²) >= 11 is 0. The Bertz CT molecular complexity index is 858. The largest absolute Gasteiger partial charge is 0.452 e. The van der Waals surface area contributed by atoms with Gasteiger partial charge in [0.15, 0.2) is 6.61 Å². The molecule has 0 aliphatic carbocycles. The van der Waals surface area contributed by atoms with E-state index in [4.69, 9.17) is 10.00 Å². The summed E-state index contributed by atoms with van der Waals surface area (Å²) in [5.41, 5.74) is 0.831. The Morgan fingerprint density at radius 3 is 2.56 bits per heavy atom. The molecule has 2 rings (SSSR count). The Kier molecular flexibility index (Phi) is 6.43. The van der Waals surface area contributed by atoms with Crippen molar-refractivity contribution < 1.29 is 18.5 Å². The van der Waals surface area contributed by atoms with Crippen LogP contribution < -0.4 is 5.32 Å². The van der Waals surface area contributed by atoms with Crippen LogP contribution >= 0.6 is 0 Å². The summed E-state index contributed by atoms with van der Waals surface area (Å²) in [6.45, 7) is 1.24. The third-order valence-corrected chi connectivity index (χ3v) is 4.64. The average molecular weight is 356 g/mol. The fourth-order valence-electron chi connectivity index (χ4n) is 2.07. The van der Waals surface area contributed by atoms with Gasteiger partial charge in [0.1, 0.15) is 6.07 Å². The van der Waals surface area contributed by atoms with Crippen LogP contribution in [-0.4, -0.2) is 28.4 Å². The maximum absolute atomic E-state index is 12.2. The van der Waals surface area contributed by atoms with Crippen LogP contribution in [0.1, 0.15) is 22.8 Å². The number of rotatable bonds is 6. The van der Waals surface area contributed by atoms with Crippen molar-refractivity contribution in [3.05, 3.63) is 59.7 Å². The van der Waals surface area contributed by atoms with Gasteiger partial charge in [0.2, 0.25) is 0 Å². The number of esters is 1. The molecule has 0 spiro atoms. The highest BCUT2D eigenvalue weighted by molar-refractivity contribution is 7.85. The van der Waals surface area contributed by atoms with Crippen molar-refractivity contribution >= 4 is 28.4 Å². The van der Waals surface area contributed by atoms with Gasteiger partial charge >= 0.3 is 5.97 Å². The number of benzene rings is 2. The number of nitriles is 1. The molecule has 2 aromatic carbocycles. The molecule has 0 unspecified atom stereocenters. The van der Waals surface area contributed by atoms with E-state index in [1.165, 1.54) is 6.07 Å². The fourth-order valence-corrected chi connectivity index (χ4v) is 3.01. The normalized spacial score (nSPS) is 11.2. The van der Waals surface area contributed by atoms with Gasteiger partial charge in [0.25, 0.3) is 5.91 Å². The lowest BCUT2D eigenvalue weighted by atomic mass is 10.2. The zero-order valence-corrected chi connectivity index (χ0v) is 14.3. The van der Waals surface area contributed by atoms with Crippen LogP contribution in [-0.2, 0) is 20.3 Å². The van der Waals surface area contributed by atoms with E-state index in [2.05, 4.69) is 5.32 Å². The number of carbonyl (C=O) groups is 2. The number of carbonyl (C=O) groups excluding carboxylic acids is 2. The number of nitrogens with one attached hydrogen (secondary N) is 1. The number of para-hydroxylation sites is 1. The number of hydrogen-bond donors (Lipinski definition) is 1. The Hall–Kier alpha value is -2.98. The summed E-state index contributed by atoms with van der Waals surface area (Å²) in [6.07, 6.45) is 0. The smallest absolute Gasteiger partial charge is 0.339 e. The summed E-state index contributed by atoms with van der Waals surface area (Å²) < 4.78 is 17.0. The average Bonchev–Trinajstić information content (AvgIpc) is 2.65. The Labute approximate surface area is 147 Å². The van der Waals surface area contributed by atoms with Crippen molar-refractivity contribution in [3.8, 4) is 6.07 Å². The van der Waals surface area contributed by atoms with Gasteiger partial charge in [-0.2, -0.15) is 5.26 Å². The molecule has 6 nitrogen and oxygen atoms in total. The number of ether oxygens (including phenoxy) is 1. The molecule has 0 saturated carbocycles. The van der Waals surface area contributed by atoms with Crippen LogP contribution in [0.3, 0.4) is 0 Å². The second-order valence-corrected chi connectivity index (χ2v) is 6.62. The quantitative estimate of drug-likeness (QED) is 0.802. The zero-order chi connectivity index (χ0) is 18.2. The molecule has 1 amide bonds. The van der Waals surface area contributed by atoms with Gasteiger partial charge in [0.05, 0.1) is 32.5 Å². The van der Waals surface area contributed by atoms with Crippen molar-refractivity contribution in [2.45, 2.75) is 11.8 Å². The molecule has 0 bridgehead atoms. The van der Waals surface area contributed by atoms with Crippen LogP contribution in [0.4, 0.5) is 5.69 Å². The van der Waals surface area contributed by atoms with Gasteiger partial charge in [-0.05, 0) is 24.3 Å². The minimum absolute atomic E-state index is 0.174. The third-order valence-electron chi connectivity index (χ3n) is 3.27. The lowest BCUT2D eigenvalue weighted by Gasteiger charge is -2.09. The number of nitrogens with zero attached hydrogens (tertiary/aromatic N) is 1. The SMILES string of the molecule is CC[S@@](=O)c1ccccc1C(=O)OCC(=O)Nc1ccccc1C#N. The highest BCUT2D eigenvalue weighted by Gasteiger charge is 2.17. The highest BCUT2D eigenvalue weighted by Crippen LogP contribution is 2.16. The minimum Gasteiger partial charge on any atom is -0.452 e. The molecule has 0 radical (unpaired) electrons. The van der Waals surface area contributed by atoms with Gasteiger partial charge in [-0.25, -0.2) is 4.79 Å². The molecule has 0 saturated heterocycles. The first kappa shape index (κ1) is 18.4. The second kappa shape index (κ2) is 8.76. The lowest BCUT2D eigenvalue weighted by molar-refractivity contribution is -0.119. The first-order chi connectivity index (χ1) is 12.1. The molecule has 2 aromatic rings. The van der Waals surface area contributed by atoms with Crippen molar-refractivity contribution in [3.63, 3.8) is 0 Å². The van der Waals surface area contributed by atoms with Gasteiger partial charge in [-0.15, -0.1) is 0 Å². The topological polar surface area (TPSA) is 96.3 Å². The van der Waals surface area contributed by atoms with Gasteiger partial charge < -0.3 is 10.1 Å². The molecule has 0 aliphatic heterocycles. The summed E-state index contributed by atoms with van der Waals surface area (Å²) in [5.74, 6) is -0.915. The van der Waals surface area contributed by atoms with Crippen LogP contribution in [0, 0.1) is 11.3 Å². The molecular formula is C18H16N2O4S. The van der Waals surface area contributed by atoms with E-state index in [1.54, 1.807) is 49.4 Å². The first-order valence-electron chi connectivity index (χ1n) is 7.50. The van der Waals surface area contributed by atoms with Gasteiger partial charge in [0, 0.05) is 5.75 Å². The molecule has 0 aliphatic rings. The fraction of sp³-hybridized carbons (Fsp3) is 0.167. The lowest BCUT2D eigenvalue weighted by Crippen LogP contribution is -2.22. The molecular weight excluding hydrogens is 340 g/mol. The van der Waals surface area contributed by atoms with Crippen LogP contribution in [0.5, 0.6) is 0 Å². The predicted molar refractivity (Wildman–Crippen MR) is 93.5 cm³/mol. The number of amides is 1. The highest BCUT2D eigenvalue weighted by atomic mass is 32.2. The van der Waals surface area contributed by atoms with Gasteiger partial charge in [-0.1, -0.05) is 31.2 Å². The maximum Gasteiger partial charge on any atom is 0.339 e. The maximum atomic E-state index is 12.2. The van der Waals surface area contributed by atoms with E-state index in [0.29, 0.717) is 21.9 Å². The molecule has 0 aromatic heterocycles. The standard InChI is InChI=1S/C18H16N2O4S/c1-2-25(23)16-10-6-4-8-14(16)18(22)24-12-17(21)20-15-9-5-3-7-13(15)11-19/h3-10H,2,12H2,1H3,(H,20,21)/t25-/m1/s1. The molecule has 0 fully saturated rings. The number of hydrogen-bond acceptors (Lipinski definition) is 5. The van der Waals surface area contributed by atoms with Crippen molar-refractivity contribution in [2.75, 3.05) is 17.7 Å². The molecule has 1 N–H and O–H groups in total. The summed E-state index contributed by atoms with van der Waals surface area (Å²) in [4.78, 5) is 24.5. The van der Waals surface area contributed by atoms with E-state index in [1.807, 2.05) is 6.07 Å². The van der Waals surface area contributed by atoms with E-state index in [9.17, 15) is 13.8 Å². The summed E-state index contributed by atoms with van der Waals surface area (Å²) in [6, 6.07) is 14.9. The van der Waals surface area contributed by atoms with Crippen LogP contribution in [0.25, 0.3) is 0 Å². The zero-order valence-electron chi connectivity index (χ0n) is 13.5. The summed E-state index contributed by atoms with van der Waals surface area (Å²) in [7, 11) is -1.31. The van der Waals surface area contributed by atoms with Crippen molar-refractivity contribution in [1.29, 1.82) is 5.26 Å². The van der Waals surface area contributed by atoms with Crippen LogP contribution in [0.2, 0.25) is 0 Å². The van der Waals surface area contributed by atoms with Crippen molar-refractivity contribution in [2.24, 2.45) is 0 Å². The number of anilines is 1. The Balaban J connectivity index is 2.02. The van der Waals surface area contributed by atoms with E-state index >= 15 is 0 Å². The van der Waals surface area contributed by atoms with Gasteiger partial charge in [-0.3, -0.25) is 9.00 Å². The van der Waals surface area contributed by atoms with E-state index in [-0.39, 0.29) is 5.56 Å². The monoisotopic (exact) mass is 356 g/mol.